The number of sulfonamides is 1. The molecule has 0 bridgehead atoms. The van der Waals surface area contributed by atoms with Gasteiger partial charge in [-0.2, -0.15) is 4.31 Å². The fourth-order valence-corrected chi connectivity index (χ4v) is 5.57. The van der Waals surface area contributed by atoms with Crippen LogP contribution in [0.2, 0.25) is 0 Å². The zero-order chi connectivity index (χ0) is 23.8. The number of nitrogens with zero attached hydrogens (tertiary/aromatic N) is 3. The van der Waals surface area contributed by atoms with Crippen LogP contribution in [0.1, 0.15) is 13.8 Å². The maximum atomic E-state index is 13.0. The summed E-state index contributed by atoms with van der Waals surface area (Å²) in [5.74, 6) is -0.308. The first-order valence-electron chi connectivity index (χ1n) is 10.4. The molecule has 0 saturated carbocycles. The Kier molecular flexibility index (Phi) is 6.19. The molecular formula is C22H24N4O6S. The van der Waals surface area contributed by atoms with Crippen molar-refractivity contribution in [1.29, 1.82) is 0 Å². The molecule has 174 valence electrons. The summed E-state index contributed by atoms with van der Waals surface area (Å²) < 4.78 is 34.6. The summed E-state index contributed by atoms with van der Waals surface area (Å²) in [7, 11) is -3.66. The van der Waals surface area contributed by atoms with Crippen molar-refractivity contribution in [2.24, 2.45) is 0 Å². The van der Waals surface area contributed by atoms with Crippen LogP contribution in [0.4, 0.5) is 11.4 Å². The van der Waals surface area contributed by atoms with E-state index in [0.29, 0.717) is 29.7 Å². The smallest absolute Gasteiger partial charge is 0.270 e. The van der Waals surface area contributed by atoms with Crippen LogP contribution in [-0.2, 0) is 26.1 Å². The van der Waals surface area contributed by atoms with E-state index < -0.39 is 14.9 Å². The molecule has 1 saturated heterocycles. The molecule has 4 rings (SSSR count). The molecule has 2 aromatic carbocycles. The summed E-state index contributed by atoms with van der Waals surface area (Å²) in [5.41, 5.74) is 1.15. The SMILES string of the molecule is CC1CN(S(=O)(=O)c2ccc(NC(=O)Cn3ccc4cc([N+](=O)[O-])ccc43)cc2)CC(C)O1. The molecule has 3 aromatic rings. The number of hydrogen-bond donors (Lipinski definition) is 1. The number of fused-ring (bicyclic) bond motifs is 1. The van der Waals surface area contributed by atoms with Crippen LogP contribution in [0.15, 0.2) is 59.6 Å². The van der Waals surface area contributed by atoms with Gasteiger partial charge in [0.25, 0.3) is 5.69 Å². The second kappa shape index (κ2) is 8.93. The highest BCUT2D eigenvalue weighted by molar-refractivity contribution is 7.89. The molecule has 1 aromatic heterocycles. The van der Waals surface area contributed by atoms with Gasteiger partial charge in [-0.05, 0) is 50.2 Å². The van der Waals surface area contributed by atoms with E-state index in [2.05, 4.69) is 5.32 Å². The molecule has 2 heterocycles. The van der Waals surface area contributed by atoms with Gasteiger partial charge in [0.05, 0.1) is 22.0 Å². The number of nitro groups is 1. The number of carbonyl (C=O) groups is 1. The first-order valence-corrected chi connectivity index (χ1v) is 11.9. The molecule has 10 nitrogen and oxygen atoms in total. The monoisotopic (exact) mass is 472 g/mol. The molecule has 0 spiro atoms. The Bertz CT molecular complexity index is 1290. The van der Waals surface area contributed by atoms with E-state index in [1.54, 1.807) is 35.0 Å². The topological polar surface area (TPSA) is 124 Å². The fourth-order valence-electron chi connectivity index (χ4n) is 3.98. The van der Waals surface area contributed by atoms with E-state index in [4.69, 9.17) is 4.74 Å². The van der Waals surface area contributed by atoms with Crippen molar-refractivity contribution < 1.29 is 22.9 Å². The third-order valence-corrected chi connectivity index (χ3v) is 7.29. The van der Waals surface area contributed by atoms with Gasteiger partial charge in [-0.1, -0.05) is 0 Å². The molecule has 1 fully saturated rings. The first kappa shape index (κ1) is 22.9. The van der Waals surface area contributed by atoms with E-state index in [1.165, 1.54) is 28.6 Å². The predicted molar refractivity (Wildman–Crippen MR) is 122 cm³/mol. The standard InChI is InChI=1S/C22H24N4O6S/c1-15-12-25(13-16(2)32-15)33(30,31)20-6-3-18(4-7-20)23-22(27)14-24-10-9-17-11-19(26(28)29)5-8-21(17)24/h3-11,15-16H,12-14H2,1-2H3,(H,23,27). The number of aromatic nitrogens is 1. The molecule has 11 heteroatoms. The molecule has 1 aliphatic rings. The van der Waals surface area contributed by atoms with Crippen molar-refractivity contribution >= 4 is 38.2 Å². The molecule has 2 unspecified atom stereocenters. The highest BCUT2D eigenvalue weighted by Crippen LogP contribution is 2.24. The molecule has 33 heavy (non-hydrogen) atoms. The van der Waals surface area contributed by atoms with Gasteiger partial charge < -0.3 is 14.6 Å². The number of anilines is 1. The summed E-state index contributed by atoms with van der Waals surface area (Å²) in [6.45, 7) is 4.27. The number of carbonyl (C=O) groups excluding carboxylic acids is 1. The number of morpholine rings is 1. The summed E-state index contributed by atoms with van der Waals surface area (Å²) in [6, 6.07) is 12.2. The molecule has 0 radical (unpaired) electrons. The third kappa shape index (κ3) is 4.90. The van der Waals surface area contributed by atoms with Crippen molar-refractivity contribution in [1.82, 2.24) is 8.87 Å². The Morgan fingerprint density at radius 2 is 1.79 bits per heavy atom. The van der Waals surface area contributed by atoms with Crippen LogP contribution >= 0.6 is 0 Å². The van der Waals surface area contributed by atoms with Crippen molar-refractivity contribution in [3.05, 3.63) is 64.8 Å². The lowest BCUT2D eigenvalue weighted by atomic mass is 10.2. The third-order valence-electron chi connectivity index (χ3n) is 5.44. The van der Waals surface area contributed by atoms with Crippen molar-refractivity contribution in [2.45, 2.75) is 37.5 Å². The Morgan fingerprint density at radius 3 is 2.42 bits per heavy atom. The van der Waals surface area contributed by atoms with Gasteiger partial charge in [0, 0.05) is 48.0 Å². The fraction of sp³-hybridized carbons (Fsp3) is 0.318. The molecule has 1 aliphatic heterocycles. The van der Waals surface area contributed by atoms with E-state index in [0.717, 1.165) is 0 Å². The second-order valence-corrected chi connectivity index (χ2v) is 10.0. The quantitative estimate of drug-likeness (QED) is 0.434. The molecular weight excluding hydrogens is 448 g/mol. The van der Waals surface area contributed by atoms with Gasteiger partial charge >= 0.3 is 0 Å². The summed E-state index contributed by atoms with van der Waals surface area (Å²) in [5, 5.41) is 14.3. The lowest BCUT2D eigenvalue weighted by molar-refractivity contribution is -0.384. The van der Waals surface area contributed by atoms with Gasteiger partial charge in [-0.15, -0.1) is 0 Å². The molecule has 0 aliphatic carbocycles. The Hall–Kier alpha value is -3.28. The van der Waals surface area contributed by atoms with E-state index >= 15 is 0 Å². The minimum Gasteiger partial charge on any atom is -0.373 e. The van der Waals surface area contributed by atoms with Crippen LogP contribution in [-0.4, -0.2) is 53.4 Å². The number of nitro benzene ring substituents is 1. The van der Waals surface area contributed by atoms with Crippen LogP contribution < -0.4 is 5.32 Å². The number of rotatable bonds is 6. The summed E-state index contributed by atoms with van der Waals surface area (Å²) >= 11 is 0. The average molecular weight is 473 g/mol. The van der Waals surface area contributed by atoms with Crippen molar-refractivity contribution in [3.63, 3.8) is 0 Å². The number of benzene rings is 2. The first-order chi connectivity index (χ1) is 15.6. The minimum atomic E-state index is -3.66. The lowest BCUT2D eigenvalue weighted by Gasteiger charge is -2.34. The minimum absolute atomic E-state index is 0.00488. The maximum absolute atomic E-state index is 13.0. The molecule has 2 atom stereocenters. The molecule has 1 N–H and O–H groups in total. The van der Waals surface area contributed by atoms with E-state index in [9.17, 15) is 23.3 Å². The van der Waals surface area contributed by atoms with Gasteiger partial charge in [0.1, 0.15) is 6.54 Å². The Morgan fingerprint density at radius 1 is 1.12 bits per heavy atom. The summed E-state index contributed by atoms with van der Waals surface area (Å²) in [6.07, 6.45) is 1.32. The number of amides is 1. The van der Waals surface area contributed by atoms with E-state index in [-0.39, 0.29) is 35.2 Å². The number of nitrogens with one attached hydrogen (secondary N) is 1. The highest BCUT2D eigenvalue weighted by atomic mass is 32.2. The second-order valence-electron chi connectivity index (χ2n) is 8.10. The Labute approximate surface area is 191 Å². The highest BCUT2D eigenvalue weighted by Gasteiger charge is 2.32. The van der Waals surface area contributed by atoms with Crippen LogP contribution in [0.5, 0.6) is 0 Å². The van der Waals surface area contributed by atoms with Crippen LogP contribution in [0, 0.1) is 10.1 Å². The van der Waals surface area contributed by atoms with Crippen LogP contribution in [0.3, 0.4) is 0 Å². The maximum Gasteiger partial charge on any atom is 0.270 e. The number of non-ortho nitro benzene ring substituents is 1. The van der Waals surface area contributed by atoms with Gasteiger partial charge in [-0.25, -0.2) is 8.42 Å². The van der Waals surface area contributed by atoms with Crippen LogP contribution in [0.25, 0.3) is 10.9 Å². The normalized spacial score (nSPS) is 19.5. The predicted octanol–water partition coefficient (Wildman–Crippen LogP) is 2.99. The molecule has 1 amide bonds. The van der Waals surface area contributed by atoms with Gasteiger partial charge in [0.2, 0.25) is 15.9 Å². The zero-order valence-electron chi connectivity index (χ0n) is 18.2. The Balaban J connectivity index is 1.43. The van der Waals surface area contributed by atoms with Crippen molar-refractivity contribution in [3.8, 4) is 0 Å². The van der Waals surface area contributed by atoms with Crippen molar-refractivity contribution in [2.75, 3.05) is 18.4 Å². The average Bonchev–Trinajstić information content (AvgIpc) is 3.15. The number of ether oxygens (including phenoxy) is 1. The van der Waals surface area contributed by atoms with E-state index in [1.807, 2.05) is 13.8 Å². The lowest BCUT2D eigenvalue weighted by Crippen LogP contribution is -2.48. The van der Waals surface area contributed by atoms with Gasteiger partial charge in [0.15, 0.2) is 0 Å². The summed E-state index contributed by atoms with van der Waals surface area (Å²) in [4.78, 5) is 23.1. The number of hydrogen-bond acceptors (Lipinski definition) is 6. The zero-order valence-corrected chi connectivity index (χ0v) is 19.0. The van der Waals surface area contributed by atoms with Gasteiger partial charge in [-0.3, -0.25) is 14.9 Å². The largest absolute Gasteiger partial charge is 0.373 e.